The van der Waals surface area contributed by atoms with E-state index in [0.717, 1.165) is 38.0 Å². The third-order valence-electron chi connectivity index (χ3n) is 6.91. The molecule has 1 aliphatic heterocycles. The Labute approximate surface area is 182 Å². The van der Waals surface area contributed by atoms with Crippen LogP contribution in [-0.2, 0) is 6.54 Å². The summed E-state index contributed by atoms with van der Waals surface area (Å²) in [4.78, 5) is 5.45. The molecule has 2 aromatic carbocycles. The molecule has 0 radical (unpaired) electrons. The number of rotatable bonds is 8. The lowest BCUT2D eigenvalue weighted by atomic mass is 9.93. The van der Waals surface area contributed by atoms with Crippen LogP contribution in [0.3, 0.4) is 0 Å². The predicted octanol–water partition coefficient (Wildman–Crippen LogP) is 4.48. The highest BCUT2D eigenvalue weighted by molar-refractivity contribution is 5.33. The molecule has 1 atom stereocenters. The van der Waals surface area contributed by atoms with Crippen LogP contribution in [0.1, 0.15) is 49.3 Å². The molecule has 0 spiro atoms. The van der Waals surface area contributed by atoms with Gasteiger partial charge < -0.3 is 10.1 Å². The monoisotopic (exact) mass is 407 g/mol. The molecule has 30 heavy (non-hydrogen) atoms. The Morgan fingerprint density at radius 1 is 0.900 bits per heavy atom. The number of hydrogen-bond acceptors (Lipinski definition) is 4. The summed E-state index contributed by atoms with van der Waals surface area (Å²) in [6.07, 6.45) is 7.09. The summed E-state index contributed by atoms with van der Waals surface area (Å²) in [7, 11) is 1.75. The normalized spacial score (nSPS) is 20.2. The van der Waals surface area contributed by atoms with Gasteiger partial charge in [-0.3, -0.25) is 9.80 Å². The average molecular weight is 408 g/mol. The van der Waals surface area contributed by atoms with Gasteiger partial charge in [0.2, 0.25) is 0 Å². The fraction of sp³-hybridized carbons (Fsp3) is 0.538. The Morgan fingerprint density at radius 3 is 2.33 bits per heavy atom. The van der Waals surface area contributed by atoms with Gasteiger partial charge in [-0.2, -0.15) is 0 Å². The lowest BCUT2D eigenvalue weighted by molar-refractivity contribution is 0.0557. The number of nitrogens with one attached hydrogen (secondary N) is 1. The molecule has 2 fully saturated rings. The SMILES string of the molecule is COc1ccccc1CNCC(c1ccccc1)N1CCN(C2CCCCC2)CC1. The molecule has 1 unspecified atom stereocenters. The highest BCUT2D eigenvalue weighted by Crippen LogP contribution is 2.27. The molecule has 0 bridgehead atoms. The lowest BCUT2D eigenvalue weighted by Gasteiger charge is -2.43. The minimum absolute atomic E-state index is 0.411. The van der Waals surface area contributed by atoms with Gasteiger partial charge in [-0.1, -0.05) is 67.8 Å². The van der Waals surface area contributed by atoms with Gasteiger partial charge in [0.05, 0.1) is 7.11 Å². The van der Waals surface area contributed by atoms with Gasteiger partial charge >= 0.3 is 0 Å². The minimum Gasteiger partial charge on any atom is -0.496 e. The molecule has 162 valence electrons. The second kappa shape index (κ2) is 10.9. The van der Waals surface area contributed by atoms with Gasteiger partial charge in [-0.15, -0.1) is 0 Å². The fourth-order valence-corrected chi connectivity index (χ4v) is 5.19. The molecule has 4 rings (SSSR count). The van der Waals surface area contributed by atoms with Crippen molar-refractivity contribution < 1.29 is 4.74 Å². The summed E-state index contributed by atoms with van der Waals surface area (Å²) in [6, 6.07) is 20.5. The summed E-state index contributed by atoms with van der Waals surface area (Å²) < 4.78 is 5.52. The number of methoxy groups -OCH3 is 1. The topological polar surface area (TPSA) is 27.7 Å². The van der Waals surface area contributed by atoms with Crippen LogP contribution in [0.2, 0.25) is 0 Å². The number of nitrogens with zero attached hydrogens (tertiary/aromatic N) is 2. The van der Waals surface area contributed by atoms with E-state index in [-0.39, 0.29) is 0 Å². The van der Waals surface area contributed by atoms with Gasteiger partial charge in [0, 0.05) is 56.9 Å². The van der Waals surface area contributed by atoms with E-state index >= 15 is 0 Å². The number of ether oxygens (including phenoxy) is 1. The second-order valence-electron chi connectivity index (χ2n) is 8.73. The standard InChI is InChI=1S/C26H37N3O/c1-30-26-15-9-8-12-23(26)20-27-21-25(22-10-4-2-5-11-22)29-18-16-28(17-19-29)24-13-6-3-7-14-24/h2,4-5,8-12,15,24-25,27H,3,6-7,13-14,16-21H2,1H3. The Hall–Kier alpha value is -1.88. The molecule has 2 aromatic rings. The molecular formula is C26H37N3O. The molecule has 1 heterocycles. The third kappa shape index (κ3) is 5.42. The Balaban J connectivity index is 1.37. The van der Waals surface area contributed by atoms with Crippen LogP contribution in [0.15, 0.2) is 54.6 Å². The van der Waals surface area contributed by atoms with Crippen molar-refractivity contribution in [3.05, 3.63) is 65.7 Å². The van der Waals surface area contributed by atoms with Crippen LogP contribution in [0.25, 0.3) is 0 Å². The molecule has 0 aromatic heterocycles. The Kier molecular flexibility index (Phi) is 7.79. The van der Waals surface area contributed by atoms with E-state index in [1.54, 1.807) is 7.11 Å². The van der Waals surface area contributed by atoms with E-state index in [2.05, 4.69) is 57.6 Å². The van der Waals surface area contributed by atoms with Crippen molar-refractivity contribution >= 4 is 0 Å². The number of para-hydroxylation sites is 1. The molecule has 0 amide bonds. The molecule has 1 saturated carbocycles. The van der Waals surface area contributed by atoms with Crippen molar-refractivity contribution in [3.8, 4) is 5.75 Å². The van der Waals surface area contributed by atoms with E-state index in [0.29, 0.717) is 6.04 Å². The zero-order valence-corrected chi connectivity index (χ0v) is 18.4. The van der Waals surface area contributed by atoms with E-state index in [1.807, 2.05) is 12.1 Å². The van der Waals surface area contributed by atoms with E-state index < -0.39 is 0 Å². The van der Waals surface area contributed by atoms with E-state index in [1.165, 1.54) is 56.3 Å². The first-order chi connectivity index (χ1) is 14.8. The fourth-order valence-electron chi connectivity index (χ4n) is 5.19. The van der Waals surface area contributed by atoms with Gasteiger partial charge in [-0.25, -0.2) is 0 Å². The first-order valence-corrected chi connectivity index (χ1v) is 11.7. The van der Waals surface area contributed by atoms with Crippen LogP contribution in [0.4, 0.5) is 0 Å². The lowest BCUT2D eigenvalue weighted by Crippen LogP contribution is -2.52. The largest absolute Gasteiger partial charge is 0.496 e. The van der Waals surface area contributed by atoms with Crippen molar-refractivity contribution in [2.45, 2.75) is 50.7 Å². The quantitative estimate of drug-likeness (QED) is 0.698. The van der Waals surface area contributed by atoms with Crippen LogP contribution >= 0.6 is 0 Å². The first-order valence-electron chi connectivity index (χ1n) is 11.7. The van der Waals surface area contributed by atoms with Crippen molar-refractivity contribution in [3.63, 3.8) is 0 Å². The Bertz CT molecular complexity index is 752. The predicted molar refractivity (Wildman–Crippen MR) is 124 cm³/mol. The summed E-state index contributed by atoms with van der Waals surface area (Å²) in [6.45, 7) is 6.51. The smallest absolute Gasteiger partial charge is 0.123 e. The van der Waals surface area contributed by atoms with Crippen molar-refractivity contribution in [1.29, 1.82) is 0 Å². The highest BCUT2D eigenvalue weighted by Gasteiger charge is 2.28. The van der Waals surface area contributed by atoms with Crippen LogP contribution in [0.5, 0.6) is 5.75 Å². The summed E-state index contributed by atoms with van der Waals surface area (Å²) in [5.41, 5.74) is 2.63. The minimum atomic E-state index is 0.411. The van der Waals surface area contributed by atoms with E-state index in [4.69, 9.17) is 4.74 Å². The highest BCUT2D eigenvalue weighted by atomic mass is 16.5. The van der Waals surface area contributed by atoms with Crippen LogP contribution < -0.4 is 10.1 Å². The second-order valence-corrected chi connectivity index (χ2v) is 8.73. The van der Waals surface area contributed by atoms with Gasteiger partial charge in [0.25, 0.3) is 0 Å². The molecule has 4 nitrogen and oxygen atoms in total. The molecule has 1 aliphatic carbocycles. The maximum atomic E-state index is 5.52. The maximum Gasteiger partial charge on any atom is 0.123 e. The molecule has 4 heteroatoms. The maximum absolute atomic E-state index is 5.52. The molecular weight excluding hydrogens is 370 g/mol. The summed E-state index contributed by atoms with van der Waals surface area (Å²) in [5.74, 6) is 0.961. The first kappa shape index (κ1) is 21.4. The molecule has 2 aliphatic rings. The van der Waals surface area contributed by atoms with Crippen LogP contribution in [0, 0.1) is 0 Å². The zero-order chi connectivity index (χ0) is 20.6. The van der Waals surface area contributed by atoms with Gasteiger partial charge in [0.15, 0.2) is 0 Å². The third-order valence-corrected chi connectivity index (χ3v) is 6.91. The summed E-state index contributed by atoms with van der Waals surface area (Å²) in [5, 5.41) is 3.71. The Morgan fingerprint density at radius 2 is 1.60 bits per heavy atom. The average Bonchev–Trinajstić information content (AvgIpc) is 2.83. The van der Waals surface area contributed by atoms with Crippen molar-refractivity contribution in [2.24, 2.45) is 0 Å². The van der Waals surface area contributed by atoms with Gasteiger partial charge in [0.1, 0.15) is 5.75 Å². The molecule has 1 N–H and O–H groups in total. The van der Waals surface area contributed by atoms with Crippen molar-refractivity contribution in [1.82, 2.24) is 15.1 Å². The number of benzene rings is 2. The van der Waals surface area contributed by atoms with Crippen molar-refractivity contribution in [2.75, 3.05) is 39.8 Å². The van der Waals surface area contributed by atoms with E-state index in [9.17, 15) is 0 Å². The zero-order valence-electron chi connectivity index (χ0n) is 18.4. The van der Waals surface area contributed by atoms with Crippen LogP contribution in [-0.4, -0.2) is 55.7 Å². The summed E-state index contributed by atoms with van der Waals surface area (Å²) >= 11 is 0. The number of hydrogen-bond donors (Lipinski definition) is 1. The number of piperazine rings is 1. The van der Waals surface area contributed by atoms with Gasteiger partial charge in [-0.05, 0) is 24.5 Å². The molecule has 1 saturated heterocycles.